The molecule has 1 aliphatic heterocycles. The molecular formula is C19H23N3OS. The average molecular weight is 341 g/mol. The van der Waals surface area contributed by atoms with Crippen LogP contribution in [0.4, 0.5) is 0 Å². The first kappa shape index (κ1) is 15.8. The highest BCUT2D eigenvalue weighted by Crippen LogP contribution is 2.48. The molecule has 0 aromatic carbocycles. The van der Waals surface area contributed by atoms with Crippen LogP contribution < -0.4 is 5.32 Å². The van der Waals surface area contributed by atoms with Gasteiger partial charge in [-0.2, -0.15) is 11.3 Å². The Hall–Kier alpha value is -1.72. The van der Waals surface area contributed by atoms with Gasteiger partial charge < -0.3 is 5.32 Å². The summed E-state index contributed by atoms with van der Waals surface area (Å²) in [6.45, 7) is 5.35. The Morgan fingerprint density at radius 1 is 1.46 bits per heavy atom. The second kappa shape index (κ2) is 6.30. The van der Waals surface area contributed by atoms with E-state index in [1.165, 1.54) is 17.7 Å². The molecule has 2 fully saturated rings. The normalized spacial score (nSPS) is 26.5. The molecule has 1 saturated heterocycles. The maximum absolute atomic E-state index is 12.1. The largest absolute Gasteiger partial charge is 0.349 e. The average Bonchev–Trinajstić information content (AvgIpc) is 3.19. The number of aryl methyl sites for hydroxylation is 1. The van der Waals surface area contributed by atoms with Crippen LogP contribution in [0, 0.1) is 12.3 Å². The standard InChI is InChI=1S/C19H23N3OS/c1-14-3-2-6-20-17(14)11-22-7-5-19(13-22)9-16(10-19)21-18(23)15-4-8-24-12-15/h2-4,6,8,12,16H,5,7,9-11,13H2,1H3,(H,21,23). The topological polar surface area (TPSA) is 45.2 Å². The fourth-order valence-corrected chi connectivity index (χ4v) is 4.78. The van der Waals surface area contributed by atoms with E-state index in [0.29, 0.717) is 11.5 Å². The molecule has 4 nitrogen and oxygen atoms in total. The molecular weight excluding hydrogens is 318 g/mol. The van der Waals surface area contributed by atoms with Gasteiger partial charge in [-0.05, 0) is 61.2 Å². The number of likely N-dealkylation sites (tertiary alicyclic amines) is 1. The Bertz CT molecular complexity index is 722. The summed E-state index contributed by atoms with van der Waals surface area (Å²) < 4.78 is 0. The first-order valence-electron chi connectivity index (χ1n) is 8.59. The molecule has 2 aliphatic rings. The van der Waals surface area contributed by atoms with Crippen LogP contribution in [0.25, 0.3) is 0 Å². The minimum Gasteiger partial charge on any atom is -0.349 e. The Balaban J connectivity index is 1.29. The van der Waals surface area contributed by atoms with Crippen LogP contribution in [0.1, 0.15) is 40.9 Å². The number of aromatic nitrogens is 1. The van der Waals surface area contributed by atoms with E-state index in [2.05, 4.69) is 28.2 Å². The highest BCUT2D eigenvalue weighted by Gasteiger charge is 2.48. The number of hydrogen-bond acceptors (Lipinski definition) is 4. The maximum atomic E-state index is 12.1. The van der Waals surface area contributed by atoms with Crippen molar-refractivity contribution in [2.75, 3.05) is 13.1 Å². The van der Waals surface area contributed by atoms with E-state index in [0.717, 1.165) is 38.0 Å². The SMILES string of the molecule is Cc1cccnc1CN1CCC2(CC(NC(=O)c3ccsc3)C2)C1. The number of rotatable bonds is 4. The van der Waals surface area contributed by atoms with Crippen LogP contribution >= 0.6 is 11.3 Å². The van der Waals surface area contributed by atoms with Crippen LogP contribution in [-0.2, 0) is 6.54 Å². The van der Waals surface area contributed by atoms with E-state index in [9.17, 15) is 4.79 Å². The first-order valence-corrected chi connectivity index (χ1v) is 9.54. The number of pyridine rings is 1. The zero-order valence-corrected chi connectivity index (χ0v) is 14.8. The Morgan fingerprint density at radius 2 is 2.33 bits per heavy atom. The van der Waals surface area contributed by atoms with Crippen LogP contribution in [0.2, 0.25) is 0 Å². The summed E-state index contributed by atoms with van der Waals surface area (Å²) in [5, 5.41) is 7.04. The van der Waals surface area contributed by atoms with Crippen molar-refractivity contribution in [2.24, 2.45) is 5.41 Å². The molecule has 2 aromatic heterocycles. The fourth-order valence-electron chi connectivity index (χ4n) is 4.14. The van der Waals surface area contributed by atoms with Crippen molar-refractivity contribution in [1.29, 1.82) is 0 Å². The van der Waals surface area contributed by atoms with Gasteiger partial charge in [0, 0.05) is 36.3 Å². The summed E-state index contributed by atoms with van der Waals surface area (Å²) in [6, 6.07) is 6.36. The molecule has 1 spiro atoms. The van der Waals surface area contributed by atoms with Crippen molar-refractivity contribution in [2.45, 2.75) is 38.8 Å². The minimum atomic E-state index is 0.0788. The van der Waals surface area contributed by atoms with Crippen LogP contribution in [0.5, 0.6) is 0 Å². The summed E-state index contributed by atoms with van der Waals surface area (Å²) in [6.07, 6.45) is 5.35. The highest BCUT2D eigenvalue weighted by atomic mass is 32.1. The Kier molecular flexibility index (Phi) is 4.14. The molecule has 1 amide bonds. The number of hydrogen-bond donors (Lipinski definition) is 1. The third-order valence-corrected chi connectivity index (χ3v) is 6.17. The molecule has 1 aliphatic carbocycles. The lowest BCUT2D eigenvalue weighted by Crippen LogP contribution is -2.51. The number of nitrogens with zero attached hydrogens (tertiary/aromatic N) is 2. The summed E-state index contributed by atoms with van der Waals surface area (Å²) in [7, 11) is 0. The van der Waals surface area contributed by atoms with Crippen molar-refractivity contribution in [3.8, 4) is 0 Å². The maximum Gasteiger partial charge on any atom is 0.252 e. The van der Waals surface area contributed by atoms with E-state index in [1.54, 1.807) is 11.3 Å². The van der Waals surface area contributed by atoms with Gasteiger partial charge in [-0.3, -0.25) is 14.7 Å². The van der Waals surface area contributed by atoms with Crippen molar-refractivity contribution in [3.05, 3.63) is 52.0 Å². The van der Waals surface area contributed by atoms with Gasteiger partial charge in [0.25, 0.3) is 5.91 Å². The number of carbonyl (C=O) groups excluding carboxylic acids is 1. The van der Waals surface area contributed by atoms with Crippen LogP contribution in [0.15, 0.2) is 35.2 Å². The fraction of sp³-hybridized carbons (Fsp3) is 0.474. The number of amides is 1. The van der Waals surface area contributed by atoms with Gasteiger partial charge in [-0.15, -0.1) is 0 Å². The molecule has 5 heteroatoms. The molecule has 0 unspecified atom stereocenters. The third-order valence-electron chi connectivity index (χ3n) is 5.49. The molecule has 3 heterocycles. The van der Waals surface area contributed by atoms with Crippen LogP contribution in [-0.4, -0.2) is 34.9 Å². The predicted octanol–water partition coefficient (Wildman–Crippen LogP) is 3.24. The molecule has 24 heavy (non-hydrogen) atoms. The van der Waals surface area contributed by atoms with Gasteiger partial charge in [-0.1, -0.05) is 6.07 Å². The van der Waals surface area contributed by atoms with Gasteiger partial charge >= 0.3 is 0 Å². The lowest BCUT2D eigenvalue weighted by atomic mass is 9.65. The molecule has 1 saturated carbocycles. The quantitative estimate of drug-likeness (QED) is 0.928. The van der Waals surface area contributed by atoms with Gasteiger partial charge in [0.2, 0.25) is 0 Å². The molecule has 4 rings (SSSR count). The summed E-state index contributed by atoms with van der Waals surface area (Å²) in [5.41, 5.74) is 3.67. The van der Waals surface area contributed by atoms with E-state index in [4.69, 9.17) is 0 Å². The minimum absolute atomic E-state index is 0.0788. The first-order chi connectivity index (χ1) is 11.6. The summed E-state index contributed by atoms with van der Waals surface area (Å²) >= 11 is 1.57. The van der Waals surface area contributed by atoms with E-state index < -0.39 is 0 Å². The van der Waals surface area contributed by atoms with Gasteiger partial charge in [-0.25, -0.2) is 0 Å². The zero-order chi connectivity index (χ0) is 16.6. The lowest BCUT2D eigenvalue weighted by Gasteiger charge is -2.45. The van der Waals surface area contributed by atoms with Gasteiger partial charge in [0.1, 0.15) is 0 Å². The lowest BCUT2D eigenvalue weighted by molar-refractivity contribution is 0.0693. The highest BCUT2D eigenvalue weighted by molar-refractivity contribution is 7.08. The Morgan fingerprint density at radius 3 is 3.08 bits per heavy atom. The number of carbonyl (C=O) groups is 1. The molecule has 1 N–H and O–H groups in total. The third kappa shape index (κ3) is 3.10. The summed E-state index contributed by atoms with van der Waals surface area (Å²) in [4.78, 5) is 19.2. The molecule has 2 aromatic rings. The van der Waals surface area contributed by atoms with Gasteiger partial charge in [0.05, 0.1) is 5.69 Å². The van der Waals surface area contributed by atoms with Crippen molar-refractivity contribution < 1.29 is 4.79 Å². The predicted molar refractivity (Wildman–Crippen MR) is 96.1 cm³/mol. The van der Waals surface area contributed by atoms with Crippen LogP contribution in [0.3, 0.4) is 0 Å². The number of nitrogens with one attached hydrogen (secondary N) is 1. The van der Waals surface area contributed by atoms with E-state index in [1.807, 2.05) is 29.1 Å². The van der Waals surface area contributed by atoms with Gasteiger partial charge in [0.15, 0.2) is 0 Å². The molecule has 0 radical (unpaired) electrons. The monoisotopic (exact) mass is 341 g/mol. The second-order valence-electron chi connectivity index (χ2n) is 7.32. The van der Waals surface area contributed by atoms with Crippen molar-refractivity contribution in [1.82, 2.24) is 15.2 Å². The molecule has 0 bridgehead atoms. The smallest absolute Gasteiger partial charge is 0.252 e. The van der Waals surface area contributed by atoms with E-state index >= 15 is 0 Å². The number of thiophene rings is 1. The molecule has 0 atom stereocenters. The Labute approximate surface area is 146 Å². The van der Waals surface area contributed by atoms with Crippen molar-refractivity contribution in [3.63, 3.8) is 0 Å². The molecule has 126 valence electrons. The van der Waals surface area contributed by atoms with E-state index in [-0.39, 0.29) is 5.91 Å². The second-order valence-corrected chi connectivity index (χ2v) is 8.10. The summed E-state index contributed by atoms with van der Waals surface area (Å²) in [5.74, 6) is 0.0788. The van der Waals surface area contributed by atoms with Crippen molar-refractivity contribution >= 4 is 17.2 Å². The zero-order valence-electron chi connectivity index (χ0n) is 14.0.